The summed E-state index contributed by atoms with van der Waals surface area (Å²) in [4.78, 5) is 21.9. The fourth-order valence-electron chi connectivity index (χ4n) is 1.87. The van der Waals surface area contributed by atoms with Gasteiger partial charge in [-0.1, -0.05) is 13.0 Å². The molecule has 0 radical (unpaired) electrons. The maximum absolute atomic E-state index is 11.6. The predicted molar refractivity (Wildman–Crippen MR) is 80.4 cm³/mol. The lowest BCUT2D eigenvalue weighted by molar-refractivity contribution is -0.385. The summed E-state index contributed by atoms with van der Waals surface area (Å²) in [6.07, 6.45) is 1.16. The molecule has 0 atom stereocenters. The molecule has 1 amide bonds. The fraction of sp³-hybridized carbons (Fsp3) is 0.467. The molecule has 0 fully saturated rings. The lowest BCUT2D eigenvalue weighted by atomic mass is 10.1. The second-order valence-electron chi connectivity index (χ2n) is 5.49. The van der Waals surface area contributed by atoms with Gasteiger partial charge < -0.3 is 10.1 Å². The van der Waals surface area contributed by atoms with Gasteiger partial charge in [0.25, 0.3) is 5.69 Å². The van der Waals surface area contributed by atoms with Crippen LogP contribution in [0.25, 0.3) is 0 Å². The highest BCUT2D eigenvalue weighted by atomic mass is 16.6. The van der Waals surface area contributed by atoms with Gasteiger partial charge in [-0.2, -0.15) is 5.26 Å². The SMILES string of the molecule is CCCC(=O)NC(C)(C)COc1cccc([N+](=O)[O-])c1C#N. The number of benzene rings is 1. The van der Waals surface area contributed by atoms with Gasteiger partial charge in [-0.15, -0.1) is 0 Å². The Labute approximate surface area is 129 Å². The molecule has 0 aliphatic rings. The first-order valence-corrected chi connectivity index (χ1v) is 6.92. The third-order valence-corrected chi connectivity index (χ3v) is 2.86. The van der Waals surface area contributed by atoms with E-state index in [1.807, 2.05) is 6.92 Å². The van der Waals surface area contributed by atoms with Crippen LogP contribution in [0.3, 0.4) is 0 Å². The van der Waals surface area contributed by atoms with Crippen molar-refractivity contribution in [2.75, 3.05) is 6.61 Å². The lowest BCUT2D eigenvalue weighted by Gasteiger charge is -2.26. The molecule has 1 aromatic rings. The van der Waals surface area contributed by atoms with E-state index in [2.05, 4.69) is 5.32 Å². The van der Waals surface area contributed by atoms with Gasteiger partial charge in [-0.3, -0.25) is 14.9 Å². The summed E-state index contributed by atoms with van der Waals surface area (Å²) in [5, 5.41) is 22.8. The van der Waals surface area contributed by atoms with Crippen LogP contribution in [0.1, 0.15) is 39.2 Å². The van der Waals surface area contributed by atoms with Crippen molar-refractivity contribution in [1.82, 2.24) is 5.32 Å². The number of carbonyl (C=O) groups excluding carboxylic acids is 1. The van der Waals surface area contributed by atoms with Crippen LogP contribution in [0, 0.1) is 21.4 Å². The van der Waals surface area contributed by atoms with Crippen molar-refractivity contribution in [3.05, 3.63) is 33.9 Å². The number of hydrogen-bond acceptors (Lipinski definition) is 5. The molecule has 1 N–H and O–H groups in total. The number of nitriles is 1. The van der Waals surface area contributed by atoms with Crippen LogP contribution in [-0.2, 0) is 4.79 Å². The predicted octanol–water partition coefficient (Wildman–Crippen LogP) is 2.54. The van der Waals surface area contributed by atoms with E-state index in [4.69, 9.17) is 10.00 Å². The molecule has 0 aromatic heterocycles. The smallest absolute Gasteiger partial charge is 0.290 e. The number of rotatable bonds is 7. The maximum Gasteiger partial charge on any atom is 0.290 e. The standard InChI is InChI=1S/C15H19N3O4/c1-4-6-14(19)17-15(2,3)10-22-13-8-5-7-12(18(20)21)11(13)9-16/h5,7-8H,4,6,10H2,1-3H3,(H,17,19). The van der Waals surface area contributed by atoms with Crippen LogP contribution in [0.4, 0.5) is 5.69 Å². The lowest BCUT2D eigenvalue weighted by Crippen LogP contribution is -2.47. The third-order valence-electron chi connectivity index (χ3n) is 2.86. The molecule has 0 aliphatic heterocycles. The monoisotopic (exact) mass is 305 g/mol. The van der Waals surface area contributed by atoms with E-state index in [9.17, 15) is 14.9 Å². The molecule has 7 nitrogen and oxygen atoms in total. The highest BCUT2D eigenvalue weighted by molar-refractivity contribution is 5.76. The Morgan fingerprint density at radius 1 is 1.50 bits per heavy atom. The van der Waals surface area contributed by atoms with Gasteiger partial charge in [0.1, 0.15) is 18.4 Å². The summed E-state index contributed by atoms with van der Waals surface area (Å²) in [5.74, 6) is 0.0464. The Balaban J connectivity index is 2.84. The molecule has 0 saturated heterocycles. The number of amides is 1. The van der Waals surface area contributed by atoms with E-state index < -0.39 is 10.5 Å². The number of carbonyl (C=O) groups is 1. The molecular weight excluding hydrogens is 286 g/mol. The van der Waals surface area contributed by atoms with E-state index in [0.717, 1.165) is 6.42 Å². The molecule has 0 saturated carbocycles. The Morgan fingerprint density at radius 2 is 2.18 bits per heavy atom. The highest BCUT2D eigenvalue weighted by Gasteiger charge is 2.23. The van der Waals surface area contributed by atoms with E-state index in [-0.39, 0.29) is 29.5 Å². The number of nitro benzene ring substituents is 1. The van der Waals surface area contributed by atoms with Gasteiger partial charge in [0, 0.05) is 12.5 Å². The van der Waals surface area contributed by atoms with Crippen LogP contribution in [-0.4, -0.2) is 23.0 Å². The molecule has 0 bridgehead atoms. The molecule has 1 rings (SSSR count). The minimum absolute atomic E-state index is 0.0874. The second kappa shape index (κ2) is 7.41. The Bertz CT molecular complexity index is 605. The van der Waals surface area contributed by atoms with E-state index in [1.165, 1.54) is 18.2 Å². The van der Waals surface area contributed by atoms with Crippen molar-refractivity contribution in [3.8, 4) is 11.8 Å². The van der Waals surface area contributed by atoms with Crippen molar-refractivity contribution in [2.45, 2.75) is 39.2 Å². The van der Waals surface area contributed by atoms with Crippen LogP contribution in [0.5, 0.6) is 5.75 Å². The molecular formula is C15H19N3O4. The average molecular weight is 305 g/mol. The number of ether oxygens (including phenoxy) is 1. The summed E-state index contributed by atoms with van der Waals surface area (Å²) in [6.45, 7) is 5.57. The first-order chi connectivity index (χ1) is 10.3. The summed E-state index contributed by atoms with van der Waals surface area (Å²) in [7, 11) is 0. The molecule has 7 heteroatoms. The molecule has 0 spiro atoms. The summed E-state index contributed by atoms with van der Waals surface area (Å²) >= 11 is 0. The van der Waals surface area contributed by atoms with Gasteiger partial charge in [0.2, 0.25) is 5.91 Å². The minimum Gasteiger partial charge on any atom is -0.490 e. The van der Waals surface area contributed by atoms with E-state index >= 15 is 0 Å². The summed E-state index contributed by atoms with van der Waals surface area (Å²) in [5.41, 5.74) is -1.07. The fourth-order valence-corrected chi connectivity index (χ4v) is 1.87. The quantitative estimate of drug-likeness (QED) is 0.615. The normalized spacial score (nSPS) is 10.6. The van der Waals surface area contributed by atoms with Crippen LogP contribution >= 0.6 is 0 Å². The number of nitrogens with one attached hydrogen (secondary N) is 1. The summed E-state index contributed by atoms with van der Waals surface area (Å²) in [6, 6.07) is 5.99. The molecule has 1 aromatic carbocycles. The Kier molecular flexibility index (Phi) is 5.87. The van der Waals surface area contributed by atoms with Crippen molar-refractivity contribution in [3.63, 3.8) is 0 Å². The Hall–Kier alpha value is -2.62. The van der Waals surface area contributed by atoms with E-state index in [1.54, 1.807) is 19.9 Å². The van der Waals surface area contributed by atoms with Crippen molar-refractivity contribution < 1.29 is 14.5 Å². The van der Waals surface area contributed by atoms with Gasteiger partial charge in [-0.05, 0) is 26.3 Å². The third kappa shape index (κ3) is 4.74. The van der Waals surface area contributed by atoms with Crippen LogP contribution in [0.2, 0.25) is 0 Å². The van der Waals surface area contributed by atoms with Crippen molar-refractivity contribution >= 4 is 11.6 Å². The molecule has 118 valence electrons. The summed E-state index contributed by atoms with van der Waals surface area (Å²) < 4.78 is 5.52. The first kappa shape index (κ1) is 17.4. The van der Waals surface area contributed by atoms with Gasteiger partial charge >= 0.3 is 0 Å². The van der Waals surface area contributed by atoms with Crippen LogP contribution in [0.15, 0.2) is 18.2 Å². The largest absolute Gasteiger partial charge is 0.490 e. The average Bonchev–Trinajstić information content (AvgIpc) is 2.44. The zero-order valence-electron chi connectivity index (χ0n) is 12.9. The highest BCUT2D eigenvalue weighted by Crippen LogP contribution is 2.27. The topological polar surface area (TPSA) is 105 Å². The van der Waals surface area contributed by atoms with Gasteiger partial charge in [-0.25, -0.2) is 0 Å². The Morgan fingerprint density at radius 3 is 2.73 bits per heavy atom. The molecule has 0 unspecified atom stereocenters. The van der Waals surface area contributed by atoms with Crippen LogP contribution < -0.4 is 10.1 Å². The maximum atomic E-state index is 11.6. The molecule has 0 heterocycles. The zero-order chi connectivity index (χ0) is 16.8. The van der Waals surface area contributed by atoms with E-state index in [0.29, 0.717) is 6.42 Å². The molecule has 22 heavy (non-hydrogen) atoms. The number of nitrogens with zero attached hydrogens (tertiary/aromatic N) is 2. The minimum atomic E-state index is -0.649. The van der Waals surface area contributed by atoms with Crippen molar-refractivity contribution in [1.29, 1.82) is 5.26 Å². The van der Waals surface area contributed by atoms with Crippen molar-refractivity contribution in [2.24, 2.45) is 0 Å². The van der Waals surface area contributed by atoms with Gasteiger partial charge in [0.05, 0.1) is 10.5 Å². The molecule has 0 aliphatic carbocycles. The number of hydrogen-bond donors (Lipinski definition) is 1. The van der Waals surface area contributed by atoms with Gasteiger partial charge in [0.15, 0.2) is 5.56 Å². The first-order valence-electron chi connectivity index (χ1n) is 6.92. The number of nitro groups is 1. The second-order valence-corrected chi connectivity index (χ2v) is 5.49. The zero-order valence-corrected chi connectivity index (χ0v) is 12.9.